The van der Waals surface area contributed by atoms with Crippen LogP contribution in [0.5, 0.6) is 5.75 Å². The minimum atomic E-state index is -3.99. The summed E-state index contributed by atoms with van der Waals surface area (Å²) in [5.41, 5.74) is 0.904. The highest BCUT2D eigenvalue weighted by Crippen LogP contribution is 2.40. The predicted molar refractivity (Wildman–Crippen MR) is 82.9 cm³/mol. The lowest BCUT2D eigenvalue weighted by Crippen LogP contribution is -2.30. The van der Waals surface area contributed by atoms with Crippen LogP contribution in [0.1, 0.15) is 31.2 Å². The summed E-state index contributed by atoms with van der Waals surface area (Å²) in [4.78, 5) is 18.1. The van der Waals surface area contributed by atoms with Crippen molar-refractivity contribution in [3.8, 4) is 5.75 Å². The average Bonchev–Trinajstić information content (AvgIpc) is 2.45. The van der Waals surface area contributed by atoms with Crippen LogP contribution in [-0.4, -0.2) is 35.6 Å². The van der Waals surface area contributed by atoms with Gasteiger partial charge in [0.2, 0.25) is 0 Å². The van der Waals surface area contributed by atoms with Crippen LogP contribution in [-0.2, 0) is 4.57 Å². The monoisotopic (exact) mass is 313 g/mol. The average molecular weight is 313 g/mol. The molecule has 1 atom stereocenters. The Morgan fingerprint density at radius 1 is 1.38 bits per heavy atom. The molecular weight excluding hydrogens is 289 g/mol. The molecule has 2 rings (SSSR count). The maximum atomic E-state index is 11.1. The van der Waals surface area contributed by atoms with Gasteiger partial charge >= 0.3 is 7.60 Å². The topological polar surface area (TPSA) is 78.8 Å². The van der Waals surface area contributed by atoms with Crippen LogP contribution in [0.4, 0.5) is 0 Å². The molecule has 0 radical (unpaired) electrons. The second kappa shape index (κ2) is 7.41. The molecular formula is C15H24NO4P. The quantitative estimate of drug-likeness (QED) is 0.703. The van der Waals surface area contributed by atoms with E-state index < -0.39 is 7.60 Å². The molecule has 5 nitrogen and oxygen atoms in total. The predicted octanol–water partition coefficient (Wildman–Crippen LogP) is 2.35. The molecule has 118 valence electrons. The highest BCUT2D eigenvalue weighted by atomic mass is 31.2. The summed E-state index contributed by atoms with van der Waals surface area (Å²) in [6.07, 6.45) is 2.13. The van der Waals surface area contributed by atoms with E-state index >= 15 is 0 Å². The van der Waals surface area contributed by atoms with Gasteiger partial charge in [-0.05, 0) is 55.5 Å². The van der Waals surface area contributed by atoms with E-state index in [2.05, 4.69) is 5.32 Å². The van der Waals surface area contributed by atoms with Gasteiger partial charge in [-0.1, -0.05) is 19.1 Å². The molecule has 1 aromatic rings. The lowest BCUT2D eigenvalue weighted by Gasteiger charge is -2.23. The van der Waals surface area contributed by atoms with Crippen LogP contribution in [0.25, 0.3) is 0 Å². The molecule has 0 saturated carbocycles. The van der Waals surface area contributed by atoms with Crippen molar-refractivity contribution in [3.63, 3.8) is 0 Å². The molecule has 1 saturated heterocycles. The third kappa shape index (κ3) is 5.79. The summed E-state index contributed by atoms with van der Waals surface area (Å²) < 4.78 is 16.9. The number of ether oxygens (including phenoxy) is 1. The standard InChI is InChI=1S/C15H24NO4P/c1-12(11-21(17,18)19)14-3-2-4-15(9-14)20-10-13-5-7-16-8-6-13/h2-4,9,12-13,16H,5-8,10-11H2,1H3,(H2,17,18,19)/t12-/m1/s1. The fourth-order valence-electron chi connectivity index (χ4n) is 2.64. The maximum absolute atomic E-state index is 11.1. The van der Waals surface area contributed by atoms with Crippen LogP contribution >= 0.6 is 7.60 Å². The van der Waals surface area contributed by atoms with Gasteiger partial charge in [0.05, 0.1) is 12.8 Å². The minimum absolute atomic E-state index is 0.134. The molecule has 21 heavy (non-hydrogen) atoms. The van der Waals surface area contributed by atoms with Gasteiger partial charge in [0.25, 0.3) is 0 Å². The van der Waals surface area contributed by atoms with E-state index in [1.807, 2.05) is 31.2 Å². The summed E-state index contributed by atoms with van der Waals surface area (Å²) in [5.74, 6) is 1.18. The van der Waals surface area contributed by atoms with Gasteiger partial charge in [-0.3, -0.25) is 4.57 Å². The lowest BCUT2D eigenvalue weighted by atomic mass is 9.99. The number of hydrogen-bond donors (Lipinski definition) is 3. The molecule has 0 unspecified atom stereocenters. The van der Waals surface area contributed by atoms with E-state index in [-0.39, 0.29) is 12.1 Å². The second-order valence-electron chi connectivity index (χ2n) is 5.83. The molecule has 3 N–H and O–H groups in total. The molecule has 0 aliphatic carbocycles. The summed E-state index contributed by atoms with van der Waals surface area (Å²) in [5, 5.41) is 3.33. The zero-order valence-electron chi connectivity index (χ0n) is 12.4. The van der Waals surface area contributed by atoms with Crippen LogP contribution in [0, 0.1) is 5.92 Å². The van der Waals surface area contributed by atoms with Gasteiger partial charge in [-0.2, -0.15) is 0 Å². The Morgan fingerprint density at radius 3 is 2.76 bits per heavy atom. The zero-order chi connectivity index (χ0) is 15.3. The molecule has 1 aliphatic rings. The van der Waals surface area contributed by atoms with Crippen molar-refractivity contribution in [1.82, 2.24) is 5.32 Å². The fraction of sp³-hybridized carbons (Fsp3) is 0.600. The normalized spacial score (nSPS) is 18.4. The Hall–Kier alpha value is -0.870. The molecule has 0 amide bonds. The van der Waals surface area contributed by atoms with E-state index in [1.165, 1.54) is 0 Å². The lowest BCUT2D eigenvalue weighted by molar-refractivity contribution is 0.215. The third-order valence-electron chi connectivity index (χ3n) is 3.88. The van der Waals surface area contributed by atoms with Crippen molar-refractivity contribution in [1.29, 1.82) is 0 Å². The van der Waals surface area contributed by atoms with Crippen molar-refractivity contribution in [2.75, 3.05) is 25.9 Å². The summed E-state index contributed by atoms with van der Waals surface area (Å²) in [7, 11) is -3.99. The Balaban J connectivity index is 1.92. The number of piperidine rings is 1. The van der Waals surface area contributed by atoms with E-state index in [4.69, 9.17) is 14.5 Å². The van der Waals surface area contributed by atoms with Gasteiger partial charge in [-0.15, -0.1) is 0 Å². The molecule has 1 fully saturated rings. The minimum Gasteiger partial charge on any atom is -0.493 e. The summed E-state index contributed by atoms with van der Waals surface area (Å²) in [6, 6.07) is 7.55. The number of benzene rings is 1. The Kier molecular flexibility index (Phi) is 5.82. The van der Waals surface area contributed by atoms with Gasteiger partial charge in [-0.25, -0.2) is 0 Å². The number of hydrogen-bond acceptors (Lipinski definition) is 3. The first-order chi connectivity index (χ1) is 9.94. The van der Waals surface area contributed by atoms with Crippen molar-refractivity contribution in [2.24, 2.45) is 5.92 Å². The van der Waals surface area contributed by atoms with Crippen molar-refractivity contribution < 1.29 is 19.1 Å². The van der Waals surface area contributed by atoms with Crippen LogP contribution in [0.3, 0.4) is 0 Å². The molecule has 0 spiro atoms. The van der Waals surface area contributed by atoms with E-state index in [9.17, 15) is 4.57 Å². The smallest absolute Gasteiger partial charge is 0.326 e. The molecule has 1 heterocycles. The zero-order valence-corrected chi connectivity index (χ0v) is 13.3. The van der Waals surface area contributed by atoms with Crippen molar-refractivity contribution >= 4 is 7.60 Å². The highest BCUT2D eigenvalue weighted by Gasteiger charge is 2.20. The summed E-state index contributed by atoms with van der Waals surface area (Å²) in [6.45, 7) is 4.63. The van der Waals surface area contributed by atoms with Crippen LogP contribution < -0.4 is 10.1 Å². The van der Waals surface area contributed by atoms with Gasteiger partial charge in [0.15, 0.2) is 0 Å². The SMILES string of the molecule is C[C@H](CP(=O)(O)O)c1cccc(OCC2CCNCC2)c1. The first-order valence-corrected chi connectivity index (χ1v) is 9.22. The van der Waals surface area contributed by atoms with Crippen molar-refractivity contribution in [2.45, 2.75) is 25.7 Å². The Morgan fingerprint density at radius 2 is 2.10 bits per heavy atom. The maximum Gasteiger partial charge on any atom is 0.326 e. The Bertz CT molecular complexity index is 496. The van der Waals surface area contributed by atoms with E-state index in [0.29, 0.717) is 12.5 Å². The molecule has 6 heteroatoms. The molecule has 0 aromatic heterocycles. The third-order valence-corrected chi connectivity index (χ3v) is 4.91. The van der Waals surface area contributed by atoms with Crippen LogP contribution in [0.2, 0.25) is 0 Å². The first-order valence-electron chi connectivity index (χ1n) is 7.42. The van der Waals surface area contributed by atoms with Gasteiger partial charge in [0.1, 0.15) is 5.75 Å². The van der Waals surface area contributed by atoms with E-state index in [0.717, 1.165) is 37.2 Å². The molecule has 1 aromatic carbocycles. The molecule has 1 aliphatic heterocycles. The van der Waals surface area contributed by atoms with Crippen molar-refractivity contribution in [3.05, 3.63) is 29.8 Å². The highest BCUT2D eigenvalue weighted by molar-refractivity contribution is 7.51. The number of nitrogens with one attached hydrogen (secondary N) is 1. The van der Waals surface area contributed by atoms with E-state index in [1.54, 1.807) is 0 Å². The van der Waals surface area contributed by atoms with Gasteiger partial charge < -0.3 is 19.8 Å². The number of rotatable bonds is 6. The first kappa shape index (κ1) is 16.5. The largest absolute Gasteiger partial charge is 0.493 e. The Labute approximate surface area is 125 Å². The van der Waals surface area contributed by atoms with Gasteiger partial charge in [0, 0.05) is 0 Å². The van der Waals surface area contributed by atoms with Crippen LogP contribution in [0.15, 0.2) is 24.3 Å². The second-order valence-corrected chi connectivity index (χ2v) is 7.52. The summed E-state index contributed by atoms with van der Waals surface area (Å²) >= 11 is 0. The fourth-order valence-corrected chi connectivity index (χ4v) is 3.56. The molecule has 0 bridgehead atoms.